The summed E-state index contributed by atoms with van der Waals surface area (Å²) in [6.07, 6.45) is 0. The number of nitrogens with zero attached hydrogens (tertiary/aromatic N) is 1. The molecule has 168 valence electrons. The highest BCUT2D eigenvalue weighted by atomic mass is 19.1. The van der Waals surface area contributed by atoms with Gasteiger partial charge in [-0.1, -0.05) is 6.07 Å². The van der Waals surface area contributed by atoms with Crippen LogP contribution in [-0.2, 0) is 11.3 Å². The van der Waals surface area contributed by atoms with Gasteiger partial charge in [-0.15, -0.1) is 0 Å². The van der Waals surface area contributed by atoms with Gasteiger partial charge in [0.2, 0.25) is 0 Å². The van der Waals surface area contributed by atoms with Crippen molar-refractivity contribution in [2.24, 2.45) is 0 Å². The van der Waals surface area contributed by atoms with Crippen molar-refractivity contribution in [2.45, 2.75) is 26.0 Å². The smallest absolute Gasteiger partial charge is 0.253 e. The number of aliphatic hydroxyl groups is 1. The van der Waals surface area contributed by atoms with Crippen molar-refractivity contribution in [1.29, 1.82) is 0 Å². The topological polar surface area (TPSA) is 83.1 Å². The summed E-state index contributed by atoms with van der Waals surface area (Å²) in [6, 6.07) is 10.4. The molecule has 8 heteroatoms. The maximum absolute atomic E-state index is 13.9. The van der Waals surface area contributed by atoms with E-state index >= 15 is 0 Å². The lowest BCUT2D eigenvalue weighted by molar-refractivity contribution is 0.0694. The molecule has 3 N–H and O–H groups in total. The lowest BCUT2D eigenvalue weighted by Gasteiger charge is -2.31. The summed E-state index contributed by atoms with van der Waals surface area (Å²) in [7, 11) is 1.43. The van der Waals surface area contributed by atoms with E-state index in [1.807, 2.05) is 12.1 Å². The number of rotatable bonds is 8. The van der Waals surface area contributed by atoms with E-state index in [0.717, 1.165) is 16.9 Å². The molecule has 0 unspecified atom stereocenters. The molecule has 0 spiro atoms. The summed E-state index contributed by atoms with van der Waals surface area (Å²) >= 11 is 0. The Kier molecular flexibility index (Phi) is 7.35. The van der Waals surface area contributed by atoms with Crippen LogP contribution in [0.3, 0.4) is 0 Å². The number of amides is 1. The number of benzene rings is 2. The van der Waals surface area contributed by atoms with Crippen LogP contribution in [0.5, 0.6) is 5.75 Å². The molecule has 2 aromatic rings. The molecule has 0 bridgehead atoms. The summed E-state index contributed by atoms with van der Waals surface area (Å²) < 4.78 is 24.3. The first-order chi connectivity index (χ1) is 14.8. The fourth-order valence-corrected chi connectivity index (χ4v) is 3.32. The minimum Gasteiger partial charge on any atom is -0.494 e. The number of morpholine rings is 1. The van der Waals surface area contributed by atoms with Gasteiger partial charge < -0.3 is 30.1 Å². The van der Waals surface area contributed by atoms with Crippen molar-refractivity contribution in [3.63, 3.8) is 0 Å². The predicted molar refractivity (Wildman–Crippen MR) is 118 cm³/mol. The highest BCUT2D eigenvalue weighted by Crippen LogP contribution is 2.26. The molecule has 3 rings (SSSR count). The molecule has 1 heterocycles. The molecule has 31 heavy (non-hydrogen) atoms. The molecule has 0 aromatic heterocycles. The maximum atomic E-state index is 13.9. The van der Waals surface area contributed by atoms with E-state index in [0.29, 0.717) is 38.4 Å². The number of nitrogens with one attached hydrogen (secondary N) is 2. The van der Waals surface area contributed by atoms with Crippen LogP contribution in [0.4, 0.5) is 15.8 Å². The van der Waals surface area contributed by atoms with Gasteiger partial charge in [-0.05, 0) is 49.7 Å². The zero-order chi connectivity index (χ0) is 22.4. The zero-order valence-electron chi connectivity index (χ0n) is 18.2. The number of ether oxygens (including phenoxy) is 2. The Balaban J connectivity index is 1.79. The molecule has 1 amide bonds. The van der Waals surface area contributed by atoms with E-state index in [2.05, 4.69) is 15.5 Å². The third-order valence-corrected chi connectivity index (χ3v) is 4.99. The summed E-state index contributed by atoms with van der Waals surface area (Å²) in [5.41, 5.74) is 1.81. The number of anilines is 2. The van der Waals surface area contributed by atoms with Crippen LogP contribution in [-0.4, -0.2) is 56.6 Å². The largest absolute Gasteiger partial charge is 0.494 e. The van der Waals surface area contributed by atoms with E-state index in [4.69, 9.17) is 9.47 Å². The van der Waals surface area contributed by atoms with E-state index in [1.165, 1.54) is 13.2 Å². The van der Waals surface area contributed by atoms with E-state index in [-0.39, 0.29) is 18.2 Å². The Morgan fingerprint density at radius 2 is 1.97 bits per heavy atom. The predicted octanol–water partition coefficient (Wildman–Crippen LogP) is 2.78. The third kappa shape index (κ3) is 6.32. The molecule has 0 atom stereocenters. The van der Waals surface area contributed by atoms with Crippen molar-refractivity contribution < 1.29 is 23.8 Å². The zero-order valence-corrected chi connectivity index (χ0v) is 18.2. The van der Waals surface area contributed by atoms with Crippen LogP contribution >= 0.6 is 0 Å². The number of halogens is 1. The van der Waals surface area contributed by atoms with Crippen LogP contribution < -0.4 is 20.3 Å². The standard InChI is InChI=1S/C23H30FN3O4/c1-23(2,29)15-26-22(28)18-13-17(5-6-20(18)27-8-10-31-11-9-27)25-14-16-4-7-21(30-3)19(24)12-16/h4-7,12-13,25,29H,8-11,14-15H2,1-3H3,(H,26,28). The van der Waals surface area contributed by atoms with Crippen molar-refractivity contribution in [2.75, 3.05) is 50.2 Å². The van der Waals surface area contributed by atoms with Gasteiger partial charge in [0.15, 0.2) is 11.6 Å². The second-order valence-corrected chi connectivity index (χ2v) is 8.15. The van der Waals surface area contributed by atoms with Gasteiger partial charge in [-0.25, -0.2) is 4.39 Å². The van der Waals surface area contributed by atoms with Crippen LogP contribution in [0, 0.1) is 5.82 Å². The second-order valence-electron chi connectivity index (χ2n) is 8.15. The highest BCUT2D eigenvalue weighted by Gasteiger charge is 2.21. The number of hydrogen-bond donors (Lipinski definition) is 3. The highest BCUT2D eigenvalue weighted by molar-refractivity contribution is 6.01. The normalized spacial score (nSPS) is 14.3. The monoisotopic (exact) mass is 431 g/mol. The van der Waals surface area contributed by atoms with Crippen molar-refractivity contribution >= 4 is 17.3 Å². The summed E-state index contributed by atoms with van der Waals surface area (Å²) in [6.45, 7) is 6.42. The molecule has 0 radical (unpaired) electrons. The van der Waals surface area contributed by atoms with Crippen LogP contribution in [0.2, 0.25) is 0 Å². The quantitative estimate of drug-likeness (QED) is 0.596. The third-order valence-electron chi connectivity index (χ3n) is 4.99. The Bertz CT molecular complexity index is 908. The summed E-state index contributed by atoms with van der Waals surface area (Å²) in [5, 5.41) is 16.0. The Labute approximate surface area is 182 Å². The van der Waals surface area contributed by atoms with Crippen LogP contribution in [0.1, 0.15) is 29.8 Å². The van der Waals surface area contributed by atoms with Gasteiger partial charge >= 0.3 is 0 Å². The SMILES string of the molecule is COc1ccc(CNc2ccc(N3CCOCC3)c(C(=O)NCC(C)(C)O)c2)cc1F. The first-order valence-electron chi connectivity index (χ1n) is 10.3. The van der Waals surface area contributed by atoms with E-state index < -0.39 is 11.4 Å². The van der Waals surface area contributed by atoms with Gasteiger partial charge in [0.25, 0.3) is 5.91 Å². The number of hydrogen-bond acceptors (Lipinski definition) is 6. The Hall–Kier alpha value is -2.84. The first-order valence-corrected chi connectivity index (χ1v) is 10.3. The molecule has 0 saturated carbocycles. The van der Waals surface area contributed by atoms with Crippen molar-refractivity contribution in [1.82, 2.24) is 5.32 Å². The molecular formula is C23H30FN3O4. The molecule has 1 fully saturated rings. The molecule has 7 nitrogen and oxygen atoms in total. The molecule has 1 saturated heterocycles. The number of carbonyl (C=O) groups excluding carboxylic acids is 1. The first kappa shape index (κ1) is 22.8. The molecule has 0 aliphatic carbocycles. The fraction of sp³-hybridized carbons (Fsp3) is 0.435. The minimum absolute atomic E-state index is 0.136. The van der Waals surface area contributed by atoms with Crippen LogP contribution in [0.15, 0.2) is 36.4 Å². The Morgan fingerprint density at radius 1 is 1.23 bits per heavy atom. The fourth-order valence-electron chi connectivity index (χ4n) is 3.32. The summed E-state index contributed by atoms with van der Waals surface area (Å²) in [4.78, 5) is 15.0. The number of carbonyl (C=O) groups is 1. The molecule has 2 aromatic carbocycles. The summed E-state index contributed by atoms with van der Waals surface area (Å²) in [5.74, 6) is -0.483. The molecular weight excluding hydrogens is 401 g/mol. The van der Waals surface area contributed by atoms with Crippen molar-refractivity contribution in [3.05, 3.63) is 53.3 Å². The van der Waals surface area contributed by atoms with Crippen molar-refractivity contribution in [3.8, 4) is 5.75 Å². The molecule has 1 aliphatic heterocycles. The van der Waals surface area contributed by atoms with Gasteiger partial charge in [-0.2, -0.15) is 0 Å². The lowest BCUT2D eigenvalue weighted by Crippen LogP contribution is -2.40. The van der Waals surface area contributed by atoms with E-state index in [1.54, 1.807) is 32.0 Å². The van der Waals surface area contributed by atoms with Gasteiger partial charge in [-0.3, -0.25) is 4.79 Å². The lowest BCUT2D eigenvalue weighted by atomic mass is 10.1. The number of methoxy groups -OCH3 is 1. The maximum Gasteiger partial charge on any atom is 0.253 e. The minimum atomic E-state index is -1.01. The van der Waals surface area contributed by atoms with Gasteiger partial charge in [0, 0.05) is 37.6 Å². The van der Waals surface area contributed by atoms with Gasteiger partial charge in [0.05, 0.1) is 31.5 Å². The second kappa shape index (κ2) is 9.98. The van der Waals surface area contributed by atoms with Gasteiger partial charge in [0.1, 0.15) is 0 Å². The average Bonchev–Trinajstić information content (AvgIpc) is 2.76. The Morgan fingerprint density at radius 3 is 2.61 bits per heavy atom. The average molecular weight is 432 g/mol. The van der Waals surface area contributed by atoms with E-state index in [9.17, 15) is 14.3 Å². The van der Waals surface area contributed by atoms with Crippen LogP contribution in [0.25, 0.3) is 0 Å². The molecule has 1 aliphatic rings.